The molecule has 0 fully saturated rings. The van der Waals surface area contributed by atoms with E-state index in [1.807, 2.05) is 0 Å². The highest BCUT2D eigenvalue weighted by Crippen LogP contribution is 2.43. The first-order chi connectivity index (χ1) is 17.1. The van der Waals surface area contributed by atoms with Gasteiger partial charge in [0.05, 0.1) is 13.2 Å². The summed E-state index contributed by atoms with van der Waals surface area (Å²) in [5.74, 6) is 0. The third-order valence-electron chi connectivity index (χ3n) is 7.00. The van der Waals surface area contributed by atoms with Gasteiger partial charge in [0, 0.05) is 0 Å². The van der Waals surface area contributed by atoms with Gasteiger partial charge >= 0.3 is 7.82 Å². The van der Waals surface area contributed by atoms with Crippen molar-refractivity contribution in [3.63, 3.8) is 0 Å². The maximum atomic E-state index is 11.9. The van der Waals surface area contributed by atoms with Crippen LogP contribution < -0.4 is 0 Å². The van der Waals surface area contributed by atoms with E-state index in [1.165, 1.54) is 141 Å². The van der Waals surface area contributed by atoms with Crippen LogP contribution in [0.5, 0.6) is 0 Å². The lowest BCUT2D eigenvalue weighted by molar-refractivity contribution is 0.145. The lowest BCUT2D eigenvalue weighted by Crippen LogP contribution is -1.99. The van der Waals surface area contributed by atoms with Gasteiger partial charge in [0.1, 0.15) is 0 Å². The number of phosphoric ester groups is 1. The van der Waals surface area contributed by atoms with Crippen molar-refractivity contribution in [2.24, 2.45) is 0 Å². The maximum Gasteiger partial charge on any atom is 0.472 e. The zero-order valence-electron chi connectivity index (χ0n) is 23.9. The summed E-state index contributed by atoms with van der Waals surface area (Å²) in [5, 5.41) is 0. The van der Waals surface area contributed by atoms with Gasteiger partial charge in [-0.2, -0.15) is 0 Å². The second-order valence-corrected chi connectivity index (χ2v) is 12.1. The summed E-state index contributed by atoms with van der Waals surface area (Å²) in [4.78, 5) is 9.79. The minimum atomic E-state index is -3.86. The third-order valence-corrected chi connectivity index (χ3v) is 8.02. The molecule has 0 aliphatic heterocycles. The first-order valence-electron chi connectivity index (χ1n) is 15.7. The van der Waals surface area contributed by atoms with Gasteiger partial charge in [-0.25, -0.2) is 4.57 Å². The minimum absolute atomic E-state index is 0.323. The number of unbranched alkanes of at least 4 members (excludes halogenated alkanes) is 24. The average Bonchev–Trinajstić information content (AvgIpc) is 2.84. The molecule has 5 heteroatoms. The zero-order valence-corrected chi connectivity index (χ0v) is 24.8. The summed E-state index contributed by atoms with van der Waals surface area (Å²) in [6.45, 7) is 5.17. The summed E-state index contributed by atoms with van der Waals surface area (Å²) in [7, 11) is -3.86. The van der Waals surface area contributed by atoms with E-state index >= 15 is 0 Å². The molecular formula is C30H63O4P. The highest BCUT2D eigenvalue weighted by Gasteiger charge is 2.19. The van der Waals surface area contributed by atoms with Crippen LogP contribution in [0.3, 0.4) is 0 Å². The van der Waals surface area contributed by atoms with Gasteiger partial charge in [-0.1, -0.05) is 168 Å². The lowest BCUT2D eigenvalue weighted by Gasteiger charge is -2.12. The normalized spacial score (nSPS) is 13.3. The van der Waals surface area contributed by atoms with Crippen LogP contribution in [0.1, 0.15) is 181 Å². The van der Waals surface area contributed by atoms with Gasteiger partial charge in [0.25, 0.3) is 0 Å². The van der Waals surface area contributed by atoms with Crippen LogP contribution in [-0.2, 0) is 13.6 Å². The molecule has 0 saturated carbocycles. The van der Waals surface area contributed by atoms with E-state index in [0.29, 0.717) is 13.2 Å². The minimum Gasteiger partial charge on any atom is -0.302 e. The third kappa shape index (κ3) is 30.2. The summed E-state index contributed by atoms with van der Waals surface area (Å²) in [6.07, 6.45) is 33.5. The first kappa shape index (κ1) is 35.1. The zero-order chi connectivity index (χ0) is 25.7. The quantitative estimate of drug-likeness (QED) is 0.0758. The maximum absolute atomic E-state index is 11.9. The fourth-order valence-corrected chi connectivity index (χ4v) is 5.43. The van der Waals surface area contributed by atoms with Crippen molar-refractivity contribution in [3.8, 4) is 0 Å². The van der Waals surface area contributed by atoms with Crippen molar-refractivity contribution in [3.05, 3.63) is 0 Å². The van der Waals surface area contributed by atoms with E-state index in [4.69, 9.17) is 9.05 Å². The Hall–Kier alpha value is 0.110. The molecular weight excluding hydrogens is 455 g/mol. The van der Waals surface area contributed by atoms with Crippen molar-refractivity contribution in [2.45, 2.75) is 181 Å². The molecule has 0 aromatic heterocycles. The average molecular weight is 519 g/mol. The van der Waals surface area contributed by atoms with Gasteiger partial charge in [-0.3, -0.25) is 9.05 Å². The molecule has 0 aliphatic rings. The van der Waals surface area contributed by atoms with Crippen LogP contribution in [0, 0.1) is 0 Å². The van der Waals surface area contributed by atoms with Crippen molar-refractivity contribution in [1.82, 2.24) is 0 Å². The van der Waals surface area contributed by atoms with E-state index in [1.54, 1.807) is 0 Å². The van der Waals surface area contributed by atoms with E-state index in [0.717, 1.165) is 25.7 Å². The van der Waals surface area contributed by atoms with Crippen LogP contribution in [-0.4, -0.2) is 18.1 Å². The summed E-state index contributed by atoms with van der Waals surface area (Å²) >= 11 is 0. The monoisotopic (exact) mass is 518 g/mol. The van der Waals surface area contributed by atoms with Gasteiger partial charge in [0.15, 0.2) is 0 Å². The van der Waals surface area contributed by atoms with E-state index in [9.17, 15) is 9.46 Å². The molecule has 0 heterocycles. The van der Waals surface area contributed by atoms with Crippen molar-refractivity contribution in [2.75, 3.05) is 13.2 Å². The van der Waals surface area contributed by atoms with E-state index < -0.39 is 7.82 Å². The fraction of sp³-hybridized carbons (Fsp3) is 1.00. The number of phosphoric acid groups is 1. The Morgan fingerprint density at radius 3 is 0.829 bits per heavy atom. The molecule has 1 unspecified atom stereocenters. The summed E-state index contributed by atoms with van der Waals surface area (Å²) in [6, 6.07) is 0. The SMILES string of the molecule is CCCCCCCCCCCCCCCCCCOP(=O)(O)OCCCCCCCCCCCC. The van der Waals surface area contributed by atoms with Crippen molar-refractivity contribution < 1.29 is 18.5 Å². The molecule has 0 amide bonds. The number of hydrogen-bond acceptors (Lipinski definition) is 3. The Morgan fingerprint density at radius 1 is 0.400 bits per heavy atom. The Labute approximate surface area is 220 Å². The van der Waals surface area contributed by atoms with Crippen LogP contribution in [0.2, 0.25) is 0 Å². The van der Waals surface area contributed by atoms with Gasteiger partial charge in [0.2, 0.25) is 0 Å². The van der Waals surface area contributed by atoms with Crippen LogP contribution >= 0.6 is 7.82 Å². The van der Waals surface area contributed by atoms with Gasteiger partial charge < -0.3 is 4.89 Å². The molecule has 1 atom stereocenters. The summed E-state index contributed by atoms with van der Waals surface area (Å²) < 4.78 is 22.2. The summed E-state index contributed by atoms with van der Waals surface area (Å²) in [5.41, 5.74) is 0. The smallest absolute Gasteiger partial charge is 0.302 e. The Bertz CT molecular complexity index is 444. The van der Waals surface area contributed by atoms with Gasteiger partial charge in [-0.15, -0.1) is 0 Å². The first-order valence-corrected chi connectivity index (χ1v) is 17.2. The second kappa shape index (κ2) is 28.7. The largest absolute Gasteiger partial charge is 0.472 e. The Kier molecular flexibility index (Phi) is 28.8. The molecule has 0 rings (SSSR count). The highest BCUT2D eigenvalue weighted by atomic mass is 31.2. The topological polar surface area (TPSA) is 55.8 Å². The molecule has 0 spiro atoms. The van der Waals surface area contributed by atoms with Gasteiger partial charge in [-0.05, 0) is 12.8 Å². The van der Waals surface area contributed by atoms with E-state index in [-0.39, 0.29) is 0 Å². The molecule has 0 aromatic rings. The molecule has 0 radical (unpaired) electrons. The van der Waals surface area contributed by atoms with E-state index in [2.05, 4.69) is 13.8 Å². The Balaban J connectivity index is 3.27. The molecule has 0 saturated heterocycles. The van der Waals surface area contributed by atoms with Crippen LogP contribution in [0.25, 0.3) is 0 Å². The number of hydrogen-bond donors (Lipinski definition) is 1. The Morgan fingerprint density at radius 2 is 0.600 bits per heavy atom. The van der Waals surface area contributed by atoms with Crippen LogP contribution in [0.15, 0.2) is 0 Å². The molecule has 1 N–H and O–H groups in total. The van der Waals surface area contributed by atoms with Crippen molar-refractivity contribution in [1.29, 1.82) is 0 Å². The van der Waals surface area contributed by atoms with Crippen molar-refractivity contribution >= 4 is 7.82 Å². The molecule has 35 heavy (non-hydrogen) atoms. The number of rotatable bonds is 30. The van der Waals surface area contributed by atoms with Crippen LogP contribution in [0.4, 0.5) is 0 Å². The second-order valence-electron chi connectivity index (χ2n) is 10.6. The molecule has 212 valence electrons. The molecule has 0 bridgehead atoms. The molecule has 0 aromatic carbocycles. The standard InChI is InChI=1S/C30H63O4P/c1-3-5-7-9-11-13-15-16-17-18-19-20-22-24-26-28-30-34-35(31,32)33-29-27-25-23-21-14-12-10-8-6-4-2/h3-30H2,1-2H3,(H,31,32). The molecule has 4 nitrogen and oxygen atoms in total. The highest BCUT2D eigenvalue weighted by molar-refractivity contribution is 7.47. The molecule has 0 aliphatic carbocycles. The predicted molar refractivity (Wildman–Crippen MR) is 153 cm³/mol. The fourth-order valence-electron chi connectivity index (χ4n) is 4.64. The lowest BCUT2D eigenvalue weighted by atomic mass is 10.0. The predicted octanol–water partition coefficient (Wildman–Crippen LogP) is 11.3.